The maximum absolute atomic E-state index is 11.0. The summed E-state index contributed by atoms with van der Waals surface area (Å²) in [5, 5.41) is 0. The molecule has 0 aliphatic carbocycles. The minimum absolute atomic E-state index is 0.792. The average molecular weight is 374 g/mol. The molecule has 0 aliphatic heterocycles. The van der Waals surface area contributed by atoms with Crippen molar-refractivity contribution in [3.8, 4) is 0 Å². The molecule has 0 fully saturated rings. The van der Waals surface area contributed by atoms with Gasteiger partial charge in [0, 0.05) is 0 Å². The highest BCUT2D eigenvalue weighted by atomic mass is 32.2. The Morgan fingerprint density at radius 3 is 1.64 bits per heavy atom. The Bertz CT molecular complexity index is 541. The number of hydrogen-bond acceptors (Lipinski definition) is 2. The van der Waals surface area contributed by atoms with E-state index in [2.05, 4.69) is 6.92 Å². The number of aryl methyl sites for hydroxylation is 1. The zero-order valence-electron chi connectivity index (χ0n) is 15.9. The van der Waals surface area contributed by atoms with E-state index in [0.717, 1.165) is 16.9 Å². The zero-order valence-corrected chi connectivity index (χ0v) is 16.7. The van der Waals surface area contributed by atoms with Crippen molar-refractivity contribution in [3.63, 3.8) is 0 Å². The van der Waals surface area contributed by atoms with Gasteiger partial charge in [-0.3, -0.25) is 4.55 Å². The second-order valence-corrected chi connectivity index (χ2v) is 8.37. The van der Waals surface area contributed by atoms with Crippen LogP contribution in [0.3, 0.4) is 0 Å². The fourth-order valence-electron chi connectivity index (χ4n) is 3.13. The fourth-order valence-corrected chi connectivity index (χ4v) is 3.58. The molecule has 0 amide bonds. The van der Waals surface area contributed by atoms with Crippen LogP contribution in [-0.2, 0) is 16.8 Å². The van der Waals surface area contributed by atoms with Crippen LogP contribution in [0.15, 0.2) is 18.7 Å². The Morgan fingerprint density at radius 2 is 1.24 bits per heavy atom. The molecular weight excluding hydrogens is 336 g/mol. The first-order valence-corrected chi connectivity index (χ1v) is 11.5. The van der Waals surface area contributed by atoms with Crippen LogP contribution < -0.4 is 4.57 Å². The van der Waals surface area contributed by atoms with Crippen LogP contribution in [0.2, 0.25) is 0 Å². The van der Waals surface area contributed by atoms with Crippen molar-refractivity contribution in [2.24, 2.45) is 0 Å². The van der Waals surface area contributed by atoms with Crippen molar-refractivity contribution < 1.29 is 17.5 Å². The van der Waals surface area contributed by atoms with E-state index in [0.29, 0.717) is 0 Å². The van der Waals surface area contributed by atoms with Gasteiger partial charge in [0.05, 0.1) is 6.54 Å². The molecule has 6 heteroatoms. The Labute approximate surface area is 154 Å². The molecule has 0 spiro atoms. The number of imidazole rings is 1. The van der Waals surface area contributed by atoms with Gasteiger partial charge < -0.3 is 0 Å². The summed E-state index contributed by atoms with van der Waals surface area (Å²) < 4.78 is 33.5. The maximum atomic E-state index is 11.0. The molecule has 0 aromatic carbocycles. The molecule has 1 N–H and O–H groups in total. The Hall–Kier alpha value is -0.880. The molecule has 1 rings (SSSR count). The predicted octanol–water partition coefficient (Wildman–Crippen LogP) is 4.91. The van der Waals surface area contributed by atoms with Crippen LogP contribution in [0.25, 0.3) is 0 Å². The van der Waals surface area contributed by atoms with Crippen LogP contribution >= 0.6 is 0 Å². The SMILES string of the molecule is CCCCCCCCCCCCCCCC[n+]1ccn(S(=O)(=O)O)c1. The summed E-state index contributed by atoms with van der Waals surface area (Å²) in [5.74, 6) is 0. The molecule has 0 atom stereocenters. The third-order valence-corrected chi connectivity index (χ3v) is 5.45. The normalized spacial score (nSPS) is 11.9. The lowest BCUT2D eigenvalue weighted by molar-refractivity contribution is -0.696. The molecular formula is C19H37N2O3S+. The maximum Gasteiger partial charge on any atom is 0.439 e. The van der Waals surface area contributed by atoms with Crippen LogP contribution in [0.4, 0.5) is 0 Å². The summed E-state index contributed by atoms with van der Waals surface area (Å²) in [7, 11) is -4.14. The van der Waals surface area contributed by atoms with Crippen LogP contribution in [0.1, 0.15) is 96.8 Å². The first-order valence-electron chi connectivity index (χ1n) is 10.1. The zero-order chi connectivity index (χ0) is 18.4. The van der Waals surface area contributed by atoms with Gasteiger partial charge in [0.1, 0.15) is 12.4 Å². The summed E-state index contributed by atoms with van der Waals surface area (Å²) in [6.45, 7) is 3.06. The molecule has 146 valence electrons. The smallest absolute Gasteiger partial charge is 0.251 e. The van der Waals surface area contributed by atoms with E-state index in [9.17, 15) is 8.42 Å². The van der Waals surface area contributed by atoms with Crippen LogP contribution in [-0.4, -0.2) is 16.9 Å². The van der Waals surface area contributed by atoms with Crippen molar-refractivity contribution >= 4 is 10.3 Å². The standard InChI is InChI=1S/C19H36N2O3S/c1-2-3-4-5-6-7-8-9-10-11-12-13-14-15-16-20-17-18-21(19-20)25(22,23)24/h17-19H,2-16H2,1H3/p+1. The number of aromatic nitrogens is 2. The molecule has 0 unspecified atom stereocenters. The van der Waals surface area contributed by atoms with Gasteiger partial charge in [-0.2, -0.15) is 8.42 Å². The van der Waals surface area contributed by atoms with Gasteiger partial charge in [0.25, 0.3) is 6.33 Å². The van der Waals surface area contributed by atoms with Crippen molar-refractivity contribution in [1.29, 1.82) is 0 Å². The highest BCUT2D eigenvalue weighted by Gasteiger charge is 2.15. The largest absolute Gasteiger partial charge is 0.439 e. The molecule has 0 radical (unpaired) electrons. The lowest BCUT2D eigenvalue weighted by Crippen LogP contribution is -2.31. The summed E-state index contributed by atoms with van der Waals surface area (Å²) >= 11 is 0. The van der Waals surface area contributed by atoms with E-state index in [1.165, 1.54) is 96.0 Å². The molecule has 1 heterocycles. The van der Waals surface area contributed by atoms with E-state index in [4.69, 9.17) is 4.55 Å². The van der Waals surface area contributed by atoms with Gasteiger partial charge in [0.2, 0.25) is 0 Å². The minimum atomic E-state index is -4.14. The Kier molecular flexibility index (Phi) is 11.8. The number of nitrogens with zero attached hydrogens (tertiary/aromatic N) is 2. The highest BCUT2D eigenvalue weighted by Crippen LogP contribution is 2.12. The van der Waals surface area contributed by atoms with E-state index >= 15 is 0 Å². The van der Waals surface area contributed by atoms with Gasteiger partial charge in [-0.15, -0.1) is 3.97 Å². The number of unbranched alkanes of at least 4 members (excludes halogenated alkanes) is 13. The summed E-state index contributed by atoms with van der Waals surface area (Å²) in [5.41, 5.74) is 0. The molecule has 25 heavy (non-hydrogen) atoms. The first-order chi connectivity index (χ1) is 12.0. The van der Waals surface area contributed by atoms with E-state index in [1.54, 1.807) is 10.8 Å². The molecule has 0 saturated carbocycles. The van der Waals surface area contributed by atoms with Crippen LogP contribution in [0, 0.1) is 0 Å². The van der Waals surface area contributed by atoms with Gasteiger partial charge in [-0.1, -0.05) is 84.0 Å². The second-order valence-electron chi connectivity index (χ2n) is 7.06. The van der Waals surface area contributed by atoms with Gasteiger partial charge in [0.15, 0.2) is 0 Å². The highest BCUT2D eigenvalue weighted by molar-refractivity contribution is 7.84. The van der Waals surface area contributed by atoms with Gasteiger partial charge >= 0.3 is 10.3 Å². The Balaban J connectivity index is 1.87. The third kappa shape index (κ3) is 11.4. The lowest BCUT2D eigenvalue weighted by atomic mass is 10.0. The van der Waals surface area contributed by atoms with Crippen molar-refractivity contribution in [1.82, 2.24) is 3.97 Å². The quantitative estimate of drug-likeness (QED) is 0.254. The number of hydrogen-bond donors (Lipinski definition) is 1. The molecule has 0 aliphatic rings. The van der Waals surface area contributed by atoms with Crippen LogP contribution in [0.5, 0.6) is 0 Å². The monoisotopic (exact) mass is 373 g/mol. The number of rotatable bonds is 16. The summed E-state index contributed by atoms with van der Waals surface area (Å²) in [6.07, 6.45) is 23.1. The van der Waals surface area contributed by atoms with Crippen molar-refractivity contribution in [3.05, 3.63) is 18.7 Å². The first kappa shape index (κ1) is 22.2. The van der Waals surface area contributed by atoms with E-state index in [-0.39, 0.29) is 0 Å². The Morgan fingerprint density at radius 1 is 0.800 bits per heavy atom. The molecule has 0 bridgehead atoms. The lowest BCUT2D eigenvalue weighted by Gasteiger charge is -2.03. The van der Waals surface area contributed by atoms with E-state index < -0.39 is 10.3 Å². The molecule has 0 saturated heterocycles. The van der Waals surface area contributed by atoms with Crippen molar-refractivity contribution in [2.45, 2.75) is 103 Å². The van der Waals surface area contributed by atoms with Crippen molar-refractivity contribution in [2.75, 3.05) is 0 Å². The predicted molar refractivity (Wildman–Crippen MR) is 102 cm³/mol. The summed E-state index contributed by atoms with van der Waals surface area (Å²) in [6, 6.07) is 0. The van der Waals surface area contributed by atoms with Gasteiger partial charge in [-0.05, 0) is 12.8 Å². The molecule has 1 aromatic rings. The third-order valence-electron chi connectivity index (χ3n) is 4.70. The fraction of sp³-hybridized carbons (Fsp3) is 0.842. The molecule has 1 aromatic heterocycles. The average Bonchev–Trinajstić information content (AvgIpc) is 3.04. The molecule has 5 nitrogen and oxygen atoms in total. The van der Waals surface area contributed by atoms with E-state index in [1.807, 2.05) is 0 Å². The van der Waals surface area contributed by atoms with Gasteiger partial charge in [-0.25, -0.2) is 4.57 Å². The summed E-state index contributed by atoms with van der Waals surface area (Å²) in [4.78, 5) is 0. The topological polar surface area (TPSA) is 63.2 Å². The second kappa shape index (κ2) is 13.3. The minimum Gasteiger partial charge on any atom is -0.251 e.